The van der Waals surface area contributed by atoms with Crippen molar-refractivity contribution in [1.29, 1.82) is 0 Å². The summed E-state index contributed by atoms with van der Waals surface area (Å²) in [6.07, 6.45) is 1.09. The van der Waals surface area contributed by atoms with Crippen molar-refractivity contribution >= 4 is 17.8 Å². The van der Waals surface area contributed by atoms with Gasteiger partial charge in [0.2, 0.25) is 0 Å². The third-order valence-corrected chi connectivity index (χ3v) is 4.41. The van der Waals surface area contributed by atoms with E-state index in [1.165, 1.54) is 20.3 Å². The van der Waals surface area contributed by atoms with Gasteiger partial charge in [0, 0.05) is 13.1 Å². The number of carbonyl (C=O) groups excluding carboxylic acids is 3. The summed E-state index contributed by atoms with van der Waals surface area (Å²) in [5.41, 5.74) is 0.271. The molecule has 0 unspecified atom stereocenters. The summed E-state index contributed by atoms with van der Waals surface area (Å²) in [5, 5.41) is 0. The van der Waals surface area contributed by atoms with E-state index < -0.39 is 5.97 Å². The summed E-state index contributed by atoms with van der Waals surface area (Å²) < 4.78 is 20.4. The lowest BCUT2D eigenvalue weighted by Gasteiger charge is -2.30. The number of nitrogens with zero attached hydrogens (tertiary/aromatic N) is 1. The van der Waals surface area contributed by atoms with Crippen LogP contribution in [0.25, 0.3) is 0 Å². The van der Waals surface area contributed by atoms with Crippen LogP contribution >= 0.6 is 0 Å². The number of rotatable bonds is 7. The second kappa shape index (κ2) is 9.80. The number of carbonyl (C=O) groups is 3. The van der Waals surface area contributed by atoms with E-state index in [0.29, 0.717) is 44.0 Å². The van der Waals surface area contributed by atoms with E-state index in [9.17, 15) is 14.4 Å². The molecule has 1 aliphatic rings. The van der Waals surface area contributed by atoms with Crippen LogP contribution in [0.3, 0.4) is 0 Å². The highest BCUT2D eigenvalue weighted by Crippen LogP contribution is 2.28. The molecule has 1 aliphatic heterocycles. The summed E-state index contributed by atoms with van der Waals surface area (Å²) in [5.74, 6) is -0.391. The van der Waals surface area contributed by atoms with Gasteiger partial charge in [-0.25, -0.2) is 4.79 Å². The molecule has 8 nitrogen and oxygen atoms in total. The highest BCUT2D eigenvalue weighted by Gasteiger charge is 2.28. The summed E-state index contributed by atoms with van der Waals surface area (Å²) in [6, 6.07) is 4.69. The van der Waals surface area contributed by atoms with Crippen molar-refractivity contribution in [2.24, 2.45) is 5.92 Å². The predicted molar refractivity (Wildman–Crippen MR) is 95.8 cm³/mol. The molecule has 2 rings (SSSR count). The standard InChI is InChI=1S/C19H25NO7/c1-4-26-15-6-5-14(11-16(15)24-2)19(23)27-12-17(21)20-9-7-13(8-10-20)18(22)25-3/h5-6,11,13H,4,7-10,12H2,1-3H3. The number of likely N-dealkylation sites (tertiary alicyclic amines) is 1. The van der Waals surface area contributed by atoms with Gasteiger partial charge in [-0.15, -0.1) is 0 Å². The molecule has 0 aliphatic carbocycles. The van der Waals surface area contributed by atoms with Gasteiger partial charge in [-0.1, -0.05) is 0 Å². The molecule has 0 aromatic heterocycles. The quantitative estimate of drug-likeness (QED) is 0.666. The lowest BCUT2D eigenvalue weighted by atomic mass is 9.97. The molecule has 0 radical (unpaired) electrons. The number of hydrogen-bond acceptors (Lipinski definition) is 7. The van der Waals surface area contributed by atoms with Gasteiger partial charge >= 0.3 is 11.9 Å². The number of esters is 2. The van der Waals surface area contributed by atoms with Gasteiger partial charge in [0.05, 0.1) is 32.3 Å². The van der Waals surface area contributed by atoms with Crippen LogP contribution in [0, 0.1) is 5.92 Å². The third-order valence-electron chi connectivity index (χ3n) is 4.41. The van der Waals surface area contributed by atoms with Crippen molar-refractivity contribution in [1.82, 2.24) is 4.90 Å². The van der Waals surface area contributed by atoms with E-state index in [1.807, 2.05) is 6.92 Å². The largest absolute Gasteiger partial charge is 0.493 e. The first-order valence-electron chi connectivity index (χ1n) is 8.83. The predicted octanol–water partition coefficient (Wildman–Crippen LogP) is 1.66. The summed E-state index contributed by atoms with van der Waals surface area (Å²) in [6.45, 7) is 2.85. The van der Waals surface area contributed by atoms with Gasteiger partial charge in [-0.3, -0.25) is 9.59 Å². The van der Waals surface area contributed by atoms with Crippen molar-refractivity contribution < 1.29 is 33.3 Å². The second-order valence-electron chi connectivity index (χ2n) is 6.05. The maximum absolute atomic E-state index is 12.2. The van der Waals surface area contributed by atoms with Crippen LogP contribution in [0.15, 0.2) is 18.2 Å². The van der Waals surface area contributed by atoms with Crippen LogP contribution in [0.2, 0.25) is 0 Å². The first kappa shape index (κ1) is 20.5. The minimum atomic E-state index is -0.617. The molecule has 0 N–H and O–H groups in total. The molecule has 1 saturated heterocycles. The lowest BCUT2D eigenvalue weighted by Crippen LogP contribution is -2.42. The molecule has 0 saturated carbocycles. The van der Waals surface area contributed by atoms with E-state index in [1.54, 1.807) is 17.0 Å². The van der Waals surface area contributed by atoms with Gasteiger partial charge in [-0.2, -0.15) is 0 Å². The zero-order valence-corrected chi connectivity index (χ0v) is 15.9. The molecule has 1 fully saturated rings. The molecule has 1 amide bonds. The summed E-state index contributed by atoms with van der Waals surface area (Å²) in [4.78, 5) is 37.5. The highest BCUT2D eigenvalue weighted by molar-refractivity contribution is 5.92. The van der Waals surface area contributed by atoms with E-state index in [0.717, 1.165) is 0 Å². The third kappa shape index (κ3) is 5.35. The van der Waals surface area contributed by atoms with E-state index in [-0.39, 0.29) is 30.0 Å². The molecule has 148 valence electrons. The van der Waals surface area contributed by atoms with Gasteiger partial charge < -0.3 is 23.8 Å². The lowest BCUT2D eigenvalue weighted by molar-refractivity contribution is -0.149. The van der Waals surface area contributed by atoms with Crippen molar-refractivity contribution in [3.8, 4) is 11.5 Å². The summed E-state index contributed by atoms with van der Waals surface area (Å²) in [7, 11) is 2.84. The minimum absolute atomic E-state index is 0.182. The van der Waals surface area contributed by atoms with E-state index in [4.69, 9.17) is 18.9 Å². The molecule has 8 heteroatoms. The number of piperidine rings is 1. The second-order valence-corrected chi connectivity index (χ2v) is 6.05. The summed E-state index contributed by atoms with van der Waals surface area (Å²) >= 11 is 0. The van der Waals surface area contributed by atoms with Gasteiger partial charge in [0.15, 0.2) is 18.1 Å². The Labute approximate surface area is 158 Å². The Morgan fingerprint density at radius 3 is 2.41 bits per heavy atom. The van der Waals surface area contributed by atoms with Gasteiger partial charge in [0.1, 0.15) is 0 Å². The van der Waals surface area contributed by atoms with Crippen molar-refractivity contribution in [2.45, 2.75) is 19.8 Å². The molecule has 0 spiro atoms. The molecule has 0 atom stereocenters. The van der Waals surface area contributed by atoms with E-state index in [2.05, 4.69) is 0 Å². The molecule has 1 heterocycles. The Balaban J connectivity index is 1.86. The van der Waals surface area contributed by atoms with Gasteiger partial charge in [0.25, 0.3) is 5.91 Å². The monoisotopic (exact) mass is 379 g/mol. The number of ether oxygens (including phenoxy) is 4. The van der Waals surface area contributed by atoms with Crippen LogP contribution in [0.1, 0.15) is 30.1 Å². The Kier molecular flexibility index (Phi) is 7.45. The first-order chi connectivity index (χ1) is 13.0. The van der Waals surface area contributed by atoms with Crippen molar-refractivity contribution in [3.63, 3.8) is 0 Å². The van der Waals surface area contributed by atoms with Crippen LogP contribution in [-0.2, 0) is 19.1 Å². The smallest absolute Gasteiger partial charge is 0.338 e. The maximum Gasteiger partial charge on any atom is 0.338 e. The highest BCUT2D eigenvalue weighted by atomic mass is 16.5. The van der Waals surface area contributed by atoms with Crippen LogP contribution in [0.5, 0.6) is 11.5 Å². The minimum Gasteiger partial charge on any atom is -0.493 e. The number of methoxy groups -OCH3 is 2. The normalized spacial score (nSPS) is 14.4. The zero-order chi connectivity index (χ0) is 19.8. The topological polar surface area (TPSA) is 91.4 Å². The molecule has 1 aromatic carbocycles. The fourth-order valence-electron chi connectivity index (χ4n) is 2.90. The van der Waals surface area contributed by atoms with Crippen LogP contribution in [0.4, 0.5) is 0 Å². The SMILES string of the molecule is CCOc1ccc(C(=O)OCC(=O)N2CCC(C(=O)OC)CC2)cc1OC. The Morgan fingerprint density at radius 2 is 1.81 bits per heavy atom. The number of benzene rings is 1. The average molecular weight is 379 g/mol. The Morgan fingerprint density at radius 1 is 1.11 bits per heavy atom. The number of amides is 1. The van der Waals surface area contributed by atoms with Crippen molar-refractivity contribution in [3.05, 3.63) is 23.8 Å². The zero-order valence-electron chi connectivity index (χ0n) is 15.9. The molecule has 0 bridgehead atoms. The first-order valence-corrected chi connectivity index (χ1v) is 8.83. The fraction of sp³-hybridized carbons (Fsp3) is 0.526. The maximum atomic E-state index is 12.2. The Bertz CT molecular complexity index is 681. The number of hydrogen-bond donors (Lipinski definition) is 0. The molecule has 27 heavy (non-hydrogen) atoms. The molecular formula is C19H25NO7. The molecule has 1 aromatic rings. The fourth-order valence-corrected chi connectivity index (χ4v) is 2.90. The molecular weight excluding hydrogens is 354 g/mol. The average Bonchev–Trinajstić information content (AvgIpc) is 2.71. The van der Waals surface area contributed by atoms with E-state index >= 15 is 0 Å². The Hall–Kier alpha value is -2.77. The van der Waals surface area contributed by atoms with Gasteiger partial charge in [-0.05, 0) is 38.0 Å². The van der Waals surface area contributed by atoms with Crippen LogP contribution in [-0.4, -0.2) is 63.3 Å². The van der Waals surface area contributed by atoms with Crippen LogP contribution < -0.4 is 9.47 Å². The van der Waals surface area contributed by atoms with Crippen molar-refractivity contribution in [2.75, 3.05) is 40.5 Å².